The number of pyridine rings is 1. The van der Waals surface area contributed by atoms with Gasteiger partial charge in [-0.15, -0.1) is 0 Å². The summed E-state index contributed by atoms with van der Waals surface area (Å²) in [5.41, 5.74) is 3.05. The molecule has 0 aliphatic carbocycles. The molecule has 2 rings (SSSR count). The Morgan fingerprint density at radius 1 is 1.47 bits per heavy atom. The van der Waals surface area contributed by atoms with Gasteiger partial charge in [0, 0.05) is 18.9 Å². The smallest absolute Gasteiger partial charge is 0.475 e. The van der Waals surface area contributed by atoms with Crippen LogP contribution in [0.2, 0.25) is 0 Å². The van der Waals surface area contributed by atoms with Crippen molar-refractivity contribution in [3.05, 3.63) is 29.1 Å². The molecular weight excluding hydrogens is 263 g/mol. The van der Waals surface area contributed by atoms with Crippen LogP contribution < -0.4 is 5.32 Å². The van der Waals surface area contributed by atoms with Crippen LogP contribution in [0.5, 0.6) is 0 Å². The number of hydrogen-bond acceptors (Lipinski definition) is 4. The molecule has 8 heteroatoms. The predicted octanol–water partition coefficient (Wildman–Crippen LogP) is 1.23. The summed E-state index contributed by atoms with van der Waals surface area (Å²) in [6, 6.07) is 2.15. The van der Waals surface area contributed by atoms with E-state index in [9.17, 15) is 13.2 Å². The van der Waals surface area contributed by atoms with Gasteiger partial charge in [0.15, 0.2) is 0 Å². The van der Waals surface area contributed by atoms with Gasteiger partial charge in [0.25, 0.3) is 0 Å². The lowest BCUT2D eigenvalue weighted by Crippen LogP contribution is -2.24. The third-order valence-electron chi connectivity index (χ3n) is 2.38. The highest BCUT2D eigenvalue weighted by Gasteiger charge is 2.38. The van der Waals surface area contributed by atoms with Crippen LogP contribution in [0.1, 0.15) is 16.7 Å². The van der Waals surface area contributed by atoms with E-state index >= 15 is 0 Å². The number of halogens is 3. The van der Waals surface area contributed by atoms with Crippen LogP contribution in [-0.4, -0.2) is 28.8 Å². The van der Waals surface area contributed by atoms with Crippen LogP contribution in [0, 0.1) is 11.3 Å². The van der Waals surface area contributed by atoms with Gasteiger partial charge in [-0.1, -0.05) is 0 Å². The summed E-state index contributed by atoms with van der Waals surface area (Å²) in [6.07, 6.45) is -0.610. The van der Waals surface area contributed by atoms with Crippen LogP contribution in [0.25, 0.3) is 0 Å². The number of rotatable bonds is 0. The molecule has 5 nitrogen and oxygen atoms in total. The van der Waals surface area contributed by atoms with Crippen LogP contribution in [0.3, 0.4) is 0 Å². The highest BCUT2D eigenvalue weighted by molar-refractivity contribution is 5.73. The molecule has 2 N–H and O–H groups in total. The number of carboxylic acid groups (broad SMARTS) is 1. The van der Waals surface area contributed by atoms with Gasteiger partial charge in [0.2, 0.25) is 0 Å². The number of carboxylic acids is 1. The number of carbonyl (C=O) groups is 1. The van der Waals surface area contributed by atoms with E-state index in [0.29, 0.717) is 5.56 Å². The van der Waals surface area contributed by atoms with E-state index in [2.05, 4.69) is 16.4 Å². The van der Waals surface area contributed by atoms with E-state index in [-0.39, 0.29) is 0 Å². The van der Waals surface area contributed by atoms with Gasteiger partial charge >= 0.3 is 12.1 Å². The van der Waals surface area contributed by atoms with Crippen LogP contribution >= 0.6 is 0 Å². The average molecular weight is 273 g/mol. The van der Waals surface area contributed by atoms with Crippen molar-refractivity contribution in [2.24, 2.45) is 0 Å². The Morgan fingerprint density at radius 2 is 2.11 bits per heavy atom. The number of aliphatic carboxylic acids is 1. The van der Waals surface area contributed by atoms with Gasteiger partial charge in [-0.2, -0.15) is 18.4 Å². The first-order valence-corrected chi connectivity index (χ1v) is 5.23. The first-order valence-electron chi connectivity index (χ1n) is 5.23. The van der Waals surface area contributed by atoms with Crippen molar-refractivity contribution in [3.8, 4) is 6.07 Å². The second kappa shape index (κ2) is 6.15. The van der Waals surface area contributed by atoms with Gasteiger partial charge in [0.05, 0.1) is 5.56 Å². The minimum Gasteiger partial charge on any atom is -0.475 e. The SMILES string of the molecule is N#Cc1cncc2c1CNCC2.O=C(O)C(F)(F)F. The quantitative estimate of drug-likeness (QED) is 0.742. The number of hydrogen-bond donors (Lipinski definition) is 2. The Hall–Kier alpha value is -2.14. The summed E-state index contributed by atoms with van der Waals surface area (Å²) < 4.78 is 31.7. The second-order valence-electron chi connectivity index (χ2n) is 3.67. The summed E-state index contributed by atoms with van der Waals surface area (Å²) in [5, 5.41) is 19.1. The Labute approximate surface area is 106 Å². The number of fused-ring (bicyclic) bond motifs is 1. The van der Waals surface area contributed by atoms with Gasteiger partial charge in [-0.05, 0) is 24.1 Å². The summed E-state index contributed by atoms with van der Waals surface area (Å²) in [4.78, 5) is 12.9. The molecule has 102 valence electrons. The van der Waals surface area contributed by atoms with Gasteiger partial charge in [-0.3, -0.25) is 4.98 Å². The molecule has 0 aromatic carbocycles. The average Bonchev–Trinajstić information content (AvgIpc) is 2.37. The lowest BCUT2D eigenvalue weighted by Gasteiger charge is -2.16. The molecule has 19 heavy (non-hydrogen) atoms. The van der Waals surface area contributed by atoms with Gasteiger partial charge < -0.3 is 10.4 Å². The molecule has 0 radical (unpaired) electrons. The van der Waals surface area contributed by atoms with E-state index in [0.717, 1.165) is 25.1 Å². The van der Waals surface area contributed by atoms with E-state index in [1.54, 1.807) is 6.20 Å². The van der Waals surface area contributed by atoms with E-state index in [1.165, 1.54) is 5.56 Å². The molecule has 1 aromatic heterocycles. The normalized spacial score (nSPS) is 13.6. The maximum atomic E-state index is 10.6. The minimum absolute atomic E-state index is 0.708. The Balaban J connectivity index is 0.000000224. The van der Waals surface area contributed by atoms with Crippen LogP contribution in [0.15, 0.2) is 12.4 Å². The van der Waals surface area contributed by atoms with Crippen molar-refractivity contribution in [1.29, 1.82) is 5.26 Å². The highest BCUT2D eigenvalue weighted by Crippen LogP contribution is 2.15. The standard InChI is InChI=1S/C9H9N3.C2HF3O2/c10-3-8-5-12-4-7-1-2-11-6-9(7)8;3-2(4,5)1(6)7/h4-5,11H,1-2,6H2;(H,6,7). The molecule has 0 unspecified atom stereocenters. The van der Waals surface area contributed by atoms with E-state index < -0.39 is 12.1 Å². The van der Waals surface area contributed by atoms with Crippen molar-refractivity contribution in [2.45, 2.75) is 19.1 Å². The Morgan fingerprint density at radius 3 is 2.63 bits per heavy atom. The molecular formula is C11H10F3N3O2. The first-order chi connectivity index (χ1) is 8.86. The van der Waals surface area contributed by atoms with Crippen LogP contribution in [0.4, 0.5) is 13.2 Å². The largest absolute Gasteiger partial charge is 0.490 e. The van der Waals surface area contributed by atoms with Crippen molar-refractivity contribution in [1.82, 2.24) is 10.3 Å². The number of alkyl halides is 3. The topological polar surface area (TPSA) is 86.0 Å². The third kappa shape index (κ3) is 4.22. The third-order valence-corrected chi connectivity index (χ3v) is 2.38. The zero-order valence-electron chi connectivity index (χ0n) is 9.66. The Kier molecular flexibility index (Phi) is 4.83. The molecule has 0 saturated carbocycles. The molecule has 0 amide bonds. The summed E-state index contributed by atoms with van der Waals surface area (Å²) >= 11 is 0. The zero-order chi connectivity index (χ0) is 14.5. The monoisotopic (exact) mass is 273 g/mol. The number of nitrogens with one attached hydrogen (secondary N) is 1. The van der Waals surface area contributed by atoms with Crippen LogP contribution in [-0.2, 0) is 17.8 Å². The minimum atomic E-state index is -5.08. The fourth-order valence-corrected chi connectivity index (χ4v) is 1.49. The van der Waals surface area contributed by atoms with Crippen molar-refractivity contribution < 1.29 is 23.1 Å². The molecule has 0 saturated heterocycles. The van der Waals surface area contributed by atoms with Gasteiger partial charge in [0.1, 0.15) is 6.07 Å². The fourth-order valence-electron chi connectivity index (χ4n) is 1.49. The molecule has 0 bridgehead atoms. The van der Waals surface area contributed by atoms with Crippen molar-refractivity contribution >= 4 is 5.97 Å². The zero-order valence-corrected chi connectivity index (χ0v) is 9.66. The molecule has 2 heterocycles. The lowest BCUT2D eigenvalue weighted by molar-refractivity contribution is -0.192. The number of nitriles is 1. The first kappa shape index (κ1) is 14.9. The van der Waals surface area contributed by atoms with Crippen molar-refractivity contribution in [2.75, 3.05) is 6.54 Å². The molecule has 0 fully saturated rings. The van der Waals surface area contributed by atoms with Crippen molar-refractivity contribution in [3.63, 3.8) is 0 Å². The fraction of sp³-hybridized carbons (Fsp3) is 0.364. The summed E-state index contributed by atoms with van der Waals surface area (Å²) in [5.74, 6) is -2.76. The highest BCUT2D eigenvalue weighted by atomic mass is 19.4. The number of aromatic nitrogens is 1. The molecule has 1 aliphatic rings. The molecule has 0 atom stereocenters. The maximum Gasteiger partial charge on any atom is 0.490 e. The summed E-state index contributed by atoms with van der Waals surface area (Å²) in [6.45, 7) is 1.80. The maximum absolute atomic E-state index is 10.6. The van der Waals surface area contributed by atoms with E-state index in [4.69, 9.17) is 15.2 Å². The van der Waals surface area contributed by atoms with E-state index in [1.807, 2.05) is 6.20 Å². The molecule has 0 spiro atoms. The Bertz CT molecular complexity index is 509. The predicted molar refractivity (Wildman–Crippen MR) is 58.1 cm³/mol. The van der Waals surface area contributed by atoms with Gasteiger partial charge in [-0.25, -0.2) is 4.79 Å². The molecule has 1 aromatic rings. The molecule has 1 aliphatic heterocycles. The summed E-state index contributed by atoms with van der Waals surface area (Å²) in [7, 11) is 0. The lowest BCUT2D eigenvalue weighted by atomic mass is 10.00. The number of nitrogens with zero attached hydrogens (tertiary/aromatic N) is 2. The second-order valence-corrected chi connectivity index (χ2v) is 3.67.